The molecule has 0 aromatic heterocycles. The van der Waals surface area contributed by atoms with Crippen LogP contribution in [0.15, 0.2) is 30.1 Å². The van der Waals surface area contributed by atoms with Gasteiger partial charge in [0.1, 0.15) is 17.7 Å². The molecule has 0 atom stereocenters. The van der Waals surface area contributed by atoms with Crippen LogP contribution >= 0.6 is 0 Å². The molecule has 0 unspecified atom stereocenters. The maximum Gasteiger partial charge on any atom is 0.330 e. The number of hydrogen-bond donors (Lipinski definition) is 1. The van der Waals surface area contributed by atoms with Crippen molar-refractivity contribution >= 4 is 11.7 Å². The van der Waals surface area contributed by atoms with E-state index in [1.807, 2.05) is 6.92 Å². The molecule has 6 heteroatoms. The van der Waals surface area contributed by atoms with Crippen molar-refractivity contribution in [3.63, 3.8) is 0 Å². The third-order valence-electron chi connectivity index (χ3n) is 3.21. The SMILES string of the molecule is C/C=C(\NC)N1CCN(c2ccc(C#N)c(F)c2)C1=O. The van der Waals surface area contributed by atoms with Gasteiger partial charge in [0, 0.05) is 25.8 Å². The predicted octanol–water partition coefficient (Wildman–Crippen LogP) is 2.02. The van der Waals surface area contributed by atoms with Crippen LogP contribution in [0.4, 0.5) is 14.9 Å². The first-order valence-corrected chi connectivity index (χ1v) is 6.25. The van der Waals surface area contributed by atoms with E-state index in [1.54, 1.807) is 30.2 Å². The van der Waals surface area contributed by atoms with Crippen molar-refractivity contribution in [2.24, 2.45) is 0 Å². The molecule has 0 spiro atoms. The first kappa shape index (κ1) is 13.9. The molecule has 1 aliphatic rings. The van der Waals surface area contributed by atoms with Crippen LogP contribution < -0.4 is 10.2 Å². The van der Waals surface area contributed by atoms with Crippen molar-refractivity contribution in [2.45, 2.75) is 6.92 Å². The van der Waals surface area contributed by atoms with E-state index in [2.05, 4.69) is 5.32 Å². The molecule has 0 radical (unpaired) electrons. The highest BCUT2D eigenvalue weighted by molar-refractivity contribution is 5.95. The molecule has 1 N–H and O–H groups in total. The van der Waals surface area contributed by atoms with Gasteiger partial charge in [-0.2, -0.15) is 5.26 Å². The zero-order valence-corrected chi connectivity index (χ0v) is 11.4. The molecule has 1 aromatic carbocycles. The van der Waals surface area contributed by atoms with E-state index in [0.29, 0.717) is 24.6 Å². The number of carbonyl (C=O) groups is 1. The van der Waals surface area contributed by atoms with Crippen molar-refractivity contribution in [3.8, 4) is 6.07 Å². The Kier molecular flexibility index (Phi) is 3.89. The Morgan fingerprint density at radius 1 is 1.50 bits per heavy atom. The molecule has 0 aliphatic carbocycles. The summed E-state index contributed by atoms with van der Waals surface area (Å²) >= 11 is 0. The second-order valence-electron chi connectivity index (χ2n) is 4.29. The average molecular weight is 274 g/mol. The summed E-state index contributed by atoms with van der Waals surface area (Å²) < 4.78 is 13.6. The highest BCUT2D eigenvalue weighted by Gasteiger charge is 2.31. The Labute approximate surface area is 116 Å². The second-order valence-corrected chi connectivity index (χ2v) is 4.29. The molecule has 1 fully saturated rings. The third kappa shape index (κ3) is 2.30. The van der Waals surface area contributed by atoms with Crippen LogP contribution in [0.3, 0.4) is 0 Å². The number of carbonyl (C=O) groups excluding carboxylic acids is 1. The standard InChI is InChI=1S/C14H15FN4O/c1-3-13(17-2)19-7-6-18(14(19)20)11-5-4-10(9-16)12(15)8-11/h3-5,8,17H,6-7H2,1-2H3/b13-3+. The van der Waals surface area contributed by atoms with Crippen molar-refractivity contribution in [2.75, 3.05) is 25.0 Å². The molecule has 1 saturated heterocycles. The smallest absolute Gasteiger partial charge is 0.330 e. The maximum atomic E-state index is 13.6. The predicted molar refractivity (Wildman–Crippen MR) is 73.4 cm³/mol. The fourth-order valence-electron chi connectivity index (χ4n) is 2.20. The molecule has 2 rings (SSSR count). The summed E-state index contributed by atoms with van der Waals surface area (Å²) in [6, 6.07) is 5.73. The minimum atomic E-state index is -0.615. The largest absolute Gasteiger partial charge is 0.375 e. The number of rotatable bonds is 3. The summed E-state index contributed by atoms with van der Waals surface area (Å²) in [5.74, 6) is 0.0998. The third-order valence-corrected chi connectivity index (χ3v) is 3.21. The van der Waals surface area contributed by atoms with Crippen LogP contribution in [-0.2, 0) is 0 Å². The van der Waals surface area contributed by atoms with Crippen molar-refractivity contribution < 1.29 is 9.18 Å². The lowest BCUT2D eigenvalue weighted by Crippen LogP contribution is -2.35. The number of hydrogen-bond acceptors (Lipinski definition) is 3. The molecule has 2 amide bonds. The summed E-state index contributed by atoms with van der Waals surface area (Å²) in [6.07, 6.45) is 1.81. The molecular formula is C14H15FN4O. The molecule has 0 bridgehead atoms. The number of benzene rings is 1. The number of nitriles is 1. The van der Waals surface area contributed by atoms with Gasteiger partial charge in [0.15, 0.2) is 0 Å². The fraction of sp³-hybridized carbons (Fsp3) is 0.286. The Hall–Kier alpha value is -2.55. The van der Waals surface area contributed by atoms with Gasteiger partial charge < -0.3 is 5.32 Å². The summed E-state index contributed by atoms with van der Waals surface area (Å²) in [6.45, 7) is 2.84. The average Bonchev–Trinajstić information content (AvgIpc) is 2.82. The molecule has 1 aromatic rings. The molecule has 1 heterocycles. The number of urea groups is 1. The highest BCUT2D eigenvalue weighted by Crippen LogP contribution is 2.24. The summed E-state index contributed by atoms with van der Waals surface area (Å²) in [5, 5.41) is 11.7. The first-order valence-electron chi connectivity index (χ1n) is 6.25. The van der Waals surface area contributed by atoms with Crippen LogP contribution in [-0.4, -0.2) is 31.1 Å². The van der Waals surface area contributed by atoms with Crippen LogP contribution in [0, 0.1) is 17.1 Å². The highest BCUT2D eigenvalue weighted by atomic mass is 19.1. The van der Waals surface area contributed by atoms with Crippen LogP contribution in [0.2, 0.25) is 0 Å². The van der Waals surface area contributed by atoms with E-state index in [1.165, 1.54) is 17.0 Å². The van der Waals surface area contributed by atoms with E-state index in [0.717, 1.165) is 0 Å². The topological polar surface area (TPSA) is 59.4 Å². The minimum absolute atomic E-state index is 0.0263. The lowest BCUT2D eigenvalue weighted by molar-refractivity contribution is 0.228. The molecule has 104 valence electrons. The Bertz CT molecular complexity index is 606. The minimum Gasteiger partial charge on any atom is -0.375 e. The molecular weight excluding hydrogens is 259 g/mol. The van der Waals surface area contributed by atoms with Crippen molar-refractivity contribution in [1.29, 1.82) is 5.26 Å². The van der Waals surface area contributed by atoms with Crippen molar-refractivity contribution in [3.05, 3.63) is 41.5 Å². The monoisotopic (exact) mass is 274 g/mol. The summed E-state index contributed by atoms with van der Waals surface area (Å²) in [4.78, 5) is 15.4. The van der Waals surface area contributed by atoms with Gasteiger partial charge in [-0.25, -0.2) is 9.18 Å². The van der Waals surface area contributed by atoms with Gasteiger partial charge in [0.2, 0.25) is 0 Å². The summed E-state index contributed by atoms with van der Waals surface area (Å²) in [5.41, 5.74) is 0.433. The van der Waals surface area contributed by atoms with Crippen LogP contribution in [0.1, 0.15) is 12.5 Å². The maximum absolute atomic E-state index is 13.6. The van der Waals surface area contributed by atoms with Gasteiger partial charge in [0.25, 0.3) is 0 Å². The van der Waals surface area contributed by atoms with Crippen LogP contribution in [0.25, 0.3) is 0 Å². The zero-order valence-electron chi connectivity index (χ0n) is 11.4. The quantitative estimate of drug-likeness (QED) is 0.917. The van der Waals surface area contributed by atoms with Crippen LogP contribution in [0.5, 0.6) is 0 Å². The lowest BCUT2D eigenvalue weighted by atomic mass is 10.2. The molecule has 1 aliphatic heterocycles. The second kappa shape index (κ2) is 5.61. The van der Waals surface area contributed by atoms with Gasteiger partial charge in [-0.1, -0.05) is 0 Å². The van der Waals surface area contributed by atoms with Crippen molar-refractivity contribution in [1.82, 2.24) is 10.2 Å². The van der Waals surface area contributed by atoms with E-state index in [9.17, 15) is 9.18 Å². The Morgan fingerprint density at radius 3 is 2.80 bits per heavy atom. The number of nitrogens with one attached hydrogen (secondary N) is 1. The number of nitrogens with zero attached hydrogens (tertiary/aromatic N) is 3. The van der Waals surface area contributed by atoms with Gasteiger partial charge in [-0.3, -0.25) is 9.80 Å². The number of halogens is 1. The normalized spacial score (nSPS) is 15.5. The van der Waals surface area contributed by atoms with E-state index in [4.69, 9.17) is 5.26 Å². The Balaban J connectivity index is 2.26. The number of allylic oxidation sites excluding steroid dienone is 1. The Morgan fingerprint density at radius 2 is 2.25 bits per heavy atom. The van der Waals surface area contributed by atoms with Gasteiger partial charge in [-0.05, 0) is 31.2 Å². The fourth-order valence-corrected chi connectivity index (χ4v) is 2.20. The first-order chi connectivity index (χ1) is 9.62. The van der Waals surface area contributed by atoms with E-state index in [-0.39, 0.29) is 11.6 Å². The lowest BCUT2D eigenvalue weighted by Gasteiger charge is -2.20. The molecule has 20 heavy (non-hydrogen) atoms. The van der Waals surface area contributed by atoms with Gasteiger partial charge in [0.05, 0.1) is 5.56 Å². The molecule has 0 saturated carbocycles. The van der Waals surface area contributed by atoms with E-state index >= 15 is 0 Å². The number of amides is 2. The molecule has 5 nitrogen and oxygen atoms in total. The van der Waals surface area contributed by atoms with Gasteiger partial charge >= 0.3 is 6.03 Å². The number of anilines is 1. The summed E-state index contributed by atoms with van der Waals surface area (Å²) in [7, 11) is 1.74. The van der Waals surface area contributed by atoms with E-state index < -0.39 is 5.82 Å². The van der Waals surface area contributed by atoms with Gasteiger partial charge in [-0.15, -0.1) is 0 Å². The zero-order chi connectivity index (χ0) is 14.7.